The van der Waals surface area contributed by atoms with Crippen LogP contribution in [0.15, 0.2) is 18.2 Å². The molecule has 0 aliphatic carbocycles. The first-order valence-electron chi connectivity index (χ1n) is 5.86. The van der Waals surface area contributed by atoms with E-state index in [9.17, 15) is 4.79 Å². The van der Waals surface area contributed by atoms with Gasteiger partial charge in [-0.05, 0) is 24.1 Å². The van der Waals surface area contributed by atoms with Gasteiger partial charge in [-0.15, -0.1) is 0 Å². The van der Waals surface area contributed by atoms with Crippen LogP contribution in [0.2, 0.25) is 0 Å². The molecule has 1 saturated heterocycles. The highest BCUT2D eigenvalue weighted by Gasteiger charge is 2.26. The highest BCUT2D eigenvalue weighted by molar-refractivity contribution is 8.23. The number of hydrogen-bond acceptors (Lipinski definition) is 6. The number of hydrogen-bond donors (Lipinski definition) is 1. The average molecular weight is 296 g/mol. The largest absolute Gasteiger partial charge is 0.454 e. The third-order valence-corrected chi connectivity index (χ3v) is 4.23. The van der Waals surface area contributed by atoms with E-state index in [0.717, 1.165) is 23.5 Å². The van der Waals surface area contributed by atoms with Crippen LogP contribution in [0.4, 0.5) is 0 Å². The Morgan fingerprint density at radius 3 is 3.00 bits per heavy atom. The van der Waals surface area contributed by atoms with Gasteiger partial charge in [0.1, 0.15) is 0 Å². The zero-order valence-electron chi connectivity index (χ0n) is 10.0. The van der Waals surface area contributed by atoms with Gasteiger partial charge < -0.3 is 9.47 Å². The number of carbonyl (C=O) groups excluding carboxylic acids is 1. The number of benzene rings is 1. The highest BCUT2D eigenvalue weighted by Crippen LogP contribution is 2.32. The van der Waals surface area contributed by atoms with Gasteiger partial charge in [0.15, 0.2) is 15.8 Å². The number of fused-ring (bicyclic) bond motifs is 1. The van der Waals surface area contributed by atoms with Crippen LogP contribution in [-0.2, 0) is 11.2 Å². The molecule has 0 bridgehead atoms. The molecule has 7 heteroatoms. The molecule has 0 unspecified atom stereocenters. The van der Waals surface area contributed by atoms with Crippen molar-refractivity contribution in [1.29, 1.82) is 0 Å². The molecule has 0 atom stereocenters. The van der Waals surface area contributed by atoms with Gasteiger partial charge in [0, 0.05) is 6.54 Å². The normalized spacial score (nSPS) is 17.4. The number of nitrogens with one attached hydrogen (secondary N) is 1. The van der Waals surface area contributed by atoms with E-state index in [4.69, 9.17) is 21.7 Å². The van der Waals surface area contributed by atoms with Crippen LogP contribution in [0.5, 0.6) is 11.5 Å². The summed E-state index contributed by atoms with van der Waals surface area (Å²) in [5.74, 6) is 2.00. The second-order valence-corrected chi connectivity index (χ2v) is 5.74. The van der Waals surface area contributed by atoms with E-state index in [1.54, 1.807) is 0 Å². The molecule has 1 amide bonds. The Labute approximate surface area is 120 Å². The Morgan fingerprint density at radius 1 is 1.37 bits per heavy atom. The van der Waals surface area contributed by atoms with Crippen LogP contribution in [-0.4, -0.2) is 34.3 Å². The molecule has 3 rings (SSSR count). The summed E-state index contributed by atoms with van der Waals surface area (Å²) < 4.78 is 11.2. The Bertz CT molecular complexity index is 520. The molecule has 0 radical (unpaired) electrons. The van der Waals surface area contributed by atoms with E-state index in [-0.39, 0.29) is 12.7 Å². The fraction of sp³-hybridized carbons (Fsp3) is 0.333. The van der Waals surface area contributed by atoms with E-state index < -0.39 is 0 Å². The van der Waals surface area contributed by atoms with Crippen molar-refractivity contribution in [2.24, 2.45) is 0 Å². The number of amides is 1. The number of hydrazine groups is 1. The number of ether oxygens (including phenoxy) is 2. The fourth-order valence-electron chi connectivity index (χ4n) is 1.92. The lowest BCUT2D eigenvalue weighted by atomic mass is 10.1. The maximum absolute atomic E-state index is 11.5. The van der Waals surface area contributed by atoms with Crippen molar-refractivity contribution in [3.8, 4) is 11.5 Å². The minimum absolute atomic E-state index is 0.0145. The van der Waals surface area contributed by atoms with Gasteiger partial charge in [-0.1, -0.05) is 30.0 Å². The van der Waals surface area contributed by atoms with Gasteiger partial charge in [0.05, 0.1) is 5.75 Å². The van der Waals surface area contributed by atoms with E-state index in [2.05, 4.69) is 5.43 Å². The summed E-state index contributed by atoms with van der Waals surface area (Å²) in [5, 5.41) is 1.45. The smallest absolute Gasteiger partial charge is 0.253 e. The lowest BCUT2D eigenvalue weighted by Crippen LogP contribution is -2.42. The van der Waals surface area contributed by atoms with E-state index in [1.165, 1.54) is 16.8 Å². The van der Waals surface area contributed by atoms with Crippen molar-refractivity contribution in [3.05, 3.63) is 23.8 Å². The first-order chi connectivity index (χ1) is 9.24. The summed E-state index contributed by atoms with van der Waals surface area (Å²) >= 11 is 6.47. The van der Waals surface area contributed by atoms with Crippen molar-refractivity contribution < 1.29 is 14.3 Å². The molecule has 100 valence electrons. The molecule has 0 saturated carbocycles. The van der Waals surface area contributed by atoms with Crippen molar-refractivity contribution in [2.45, 2.75) is 6.42 Å². The van der Waals surface area contributed by atoms with E-state index >= 15 is 0 Å². The molecule has 2 heterocycles. The molecule has 5 nitrogen and oxygen atoms in total. The number of thiocarbonyl (C=S) groups is 1. The molecule has 0 aromatic heterocycles. The predicted octanol–water partition coefficient (Wildman–Crippen LogP) is 1.32. The summed E-state index contributed by atoms with van der Waals surface area (Å²) in [5.41, 5.74) is 4.17. The third-order valence-electron chi connectivity index (χ3n) is 2.87. The maximum atomic E-state index is 11.5. The van der Waals surface area contributed by atoms with Gasteiger partial charge in [-0.25, -0.2) is 10.4 Å². The van der Waals surface area contributed by atoms with Crippen LogP contribution in [0.25, 0.3) is 0 Å². The monoisotopic (exact) mass is 296 g/mol. The molecule has 2 aliphatic rings. The summed E-state index contributed by atoms with van der Waals surface area (Å²) in [4.78, 5) is 11.5. The molecular weight excluding hydrogens is 284 g/mol. The summed E-state index contributed by atoms with van der Waals surface area (Å²) in [6.07, 6.45) is 0.785. The number of carbonyl (C=O) groups is 1. The maximum Gasteiger partial charge on any atom is 0.253 e. The fourth-order valence-corrected chi connectivity index (χ4v) is 2.93. The van der Waals surface area contributed by atoms with Gasteiger partial charge in [-0.3, -0.25) is 4.79 Å². The standard InChI is InChI=1S/C12H12N2O3S2/c15-11-6-19-12(18)14(11)13-4-3-8-1-2-9-10(5-8)17-7-16-9/h1-2,5,13H,3-4,6-7H2. The minimum atomic E-state index is 0.0145. The van der Waals surface area contributed by atoms with E-state index in [1.807, 2.05) is 18.2 Å². The number of nitrogens with zero attached hydrogens (tertiary/aromatic N) is 1. The summed E-state index contributed by atoms with van der Waals surface area (Å²) in [6, 6.07) is 5.86. The van der Waals surface area contributed by atoms with Crippen LogP contribution >= 0.6 is 24.0 Å². The topological polar surface area (TPSA) is 50.8 Å². The van der Waals surface area contributed by atoms with Gasteiger partial charge >= 0.3 is 0 Å². The molecule has 2 aliphatic heterocycles. The molecule has 19 heavy (non-hydrogen) atoms. The molecule has 0 spiro atoms. The minimum Gasteiger partial charge on any atom is -0.454 e. The lowest BCUT2D eigenvalue weighted by Gasteiger charge is -2.16. The summed E-state index contributed by atoms with van der Waals surface area (Å²) in [6.45, 7) is 0.927. The Hall–Kier alpha value is -1.31. The van der Waals surface area contributed by atoms with Crippen LogP contribution in [0.1, 0.15) is 5.56 Å². The third kappa shape index (κ3) is 2.68. The van der Waals surface area contributed by atoms with Crippen LogP contribution in [0, 0.1) is 0 Å². The van der Waals surface area contributed by atoms with E-state index in [0.29, 0.717) is 16.6 Å². The zero-order valence-corrected chi connectivity index (χ0v) is 11.7. The SMILES string of the molecule is O=C1CSC(=S)N1NCCc1ccc2c(c1)OCO2. The molecule has 1 aromatic rings. The van der Waals surface area contributed by atoms with Crippen LogP contribution in [0.3, 0.4) is 0 Å². The lowest BCUT2D eigenvalue weighted by molar-refractivity contribution is -0.126. The Kier molecular flexibility index (Phi) is 3.58. The quantitative estimate of drug-likeness (QED) is 0.846. The Balaban J connectivity index is 1.55. The first kappa shape index (κ1) is 12.7. The molecular formula is C12H12N2O3S2. The molecule has 1 fully saturated rings. The molecule has 1 aromatic carbocycles. The second kappa shape index (κ2) is 5.36. The second-order valence-electron chi connectivity index (χ2n) is 4.13. The first-order valence-corrected chi connectivity index (χ1v) is 7.25. The van der Waals surface area contributed by atoms with Gasteiger partial charge in [0.2, 0.25) is 6.79 Å². The van der Waals surface area contributed by atoms with Gasteiger partial charge in [0.25, 0.3) is 5.91 Å². The zero-order chi connectivity index (χ0) is 13.2. The predicted molar refractivity (Wildman–Crippen MR) is 76.2 cm³/mol. The Morgan fingerprint density at radius 2 is 2.21 bits per heavy atom. The number of thioether (sulfide) groups is 1. The van der Waals surface area contributed by atoms with Crippen molar-refractivity contribution in [1.82, 2.24) is 10.4 Å². The van der Waals surface area contributed by atoms with Crippen molar-refractivity contribution >= 4 is 34.2 Å². The van der Waals surface area contributed by atoms with Gasteiger partial charge in [-0.2, -0.15) is 0 Å². The van der Waals surface area contributed by atoms with Crippen molar-refractivity contribution in [3.63, 3.8) is 0 Å². The molecule has 1 N–H and O–H groups in total. The average Bonchev–Trinajstić information content (AvgIpc) is 2.99. The van der Waals surface area contributed by atoms with Crippen LogP contribution < -0.4 is 14.9 Å². The highest BCUT2D eigenvalue weighted by atomic mass is 32.2. The van der Waals surface area contributed by atoms with Crippen molar-refractivity contribution in [2.75, 3.05) is 19.1 Å². The summed E-state index contributed by atoms with van der Waals surface area (Å²) in [7, 11) is 0. The number of rotatable bonds is 4.